The van der Waals surface area contributed by atoms with Crippen molar-refractivity contribution >= 4 is 5.91 Å². The van der Waals surface area contributed by atoms with Gasteiger partial charge in [0.25, 0.3) is 5.91 Å². The highest BCUT2D eigenvalue weighted by Gasteiger charge is 2.42. The quantitative estimate of drug-likeness (QED) is 0.879. The summed E-state index contributed by atoms with van der Waals surface area (Å²) < 4.78 is 28.0. The van der Waals surface area contributed by atoms with Crippen LogP contribution in [0.1, 0.15) is 18.9 Å². The summed E-state index contributed by atoms with van der Waals surface area (Å²) in [6.07, 6.45) is 0.678. The Morgan fingerprint density at radius 1 is 1.37 bits per heavy atom. The molecule has 0 aliphatic carbocycles. The van der Waals surface area contributed by atoms with Crippen LogP contribution in [-0.4, -0.2) is 25.0 Å². The number of hydrogen-bond acceptors (Lipinski definition) is 2. The van der Waals surface area contributed by atoms with Crippen LogP contribution in [0.2, 0.25) is 0 Å². The van der Waals surface area contributed by atoms with Crippen molar-refractivity contribution in [3.8, 4) is 0 Å². The van der Waals surface area contributed by atoms with Crippen LogP contribution in [0.15, 0.2) is 30.3 Å². The summed E-state index contributed by atoms with van der Waals surface area (Å²) in [5.41, 5.74) is -0.269. The molecule has 2 unspecified atom stereocenters. The van der Waals surface area contributed by atoms with Crippen molar-refractivity contribution in [3.05, 3.63) is 35.9 Å². The lowest BCUT2D eigenvalue weighted by Crippen LogP contribution is -2.51. The largest absolute Gasteiger partial charge is 0.349 e. The van der Waals surface area contributed by atoms with E-state index < -0.39 is 11.8 Å². The molecule has 1 heterocycles. The lowest BCUT2D eigenvalue weighted by atomic mass is 9.94. The Labute approximate surface area is 111 Å². The molecule has 0 bridgehead atoms. The molecule has 0 radical (unpaired) electrons. The molecule has 1 aromatic rings. The van der Waals surface area contributed by atoms with Gasteiger partial charge in [-0.3, -0.25) is 4.79 Å². The molecule has 1 aromatic carbocycles. The van der Waals surface area contributed by atoms with Crippen molar-refractivity contribution in [1.82, 2.24) is 10.6 Å². The van der Waals surface area contributed by atoms with Gasteiger partial charge in [-0.2, -0.15) is 8.78 Å². The number of amides is 1. The molecule has 1 aliphatic rings. The zero-order chi connectivity index (χ0) is 13.9. The van der Waals surface area contributed by atoms with Crippen LogP contribution in [0.4, 0.5) is 8.78 Å². The Morgan fingerprint density at radius 3 is 2.68 bits per heavy atom. The molecule has 1 fully saturated rings. The lowest BCUT2D eigenvalue weighted by molar-refractivity contribution is -0.148. The Kier molecular flexibility index (Phi) is 4.14. The number of piperidine rings is 1. The highest BCUT2D eigenvalue weighted by Crippen LogP contribution is 2.28. The Hall–Kier alpha value is -1.49. The van der Waals surface area contributed by atoms with Crippen molar-refractivity contribution in [2.45, 2.75) is 25.3 Å². The average molecular weight is 268 g/mol. The van der Waals surface area contributed by atoms with E-state index in [0.717, 1.165) is 13.1 Å². The van der Waals surface area contributed by atoms with E-state index in [1.807, 2.05) is 6.92 Å². The summed E-state index contributed by atoms with van der Waals surface area (Å²) in [4.78, 5) is 11.8. The molecule has 2 atom stereocenters. The first kappa shape index (κ1) is 13.9. The van der Waals surface area contributed by atoms with E-state index in [1.54, 1.807) is 6.07 Å². The fourth-order valence-electron chi connectivity index (χ4n) is 2.27. The normalized spacial score (nSPS) is 23.9. The monoisotopic (exact) mass is 268 g/mol. The molecule has 1 saturated heterocycles. The zero-order valence-corrected chi connectivity index (χ0v) is 10.8. The van der Waals surface area contributed by atoms with Crippen LogP contribution in [-0.2, 0) is 10.7 Å². The van der Waals surface area contributed by atoms with Gasteiger partial charge in [-0.05, 0) is 25.4 Å². The summed E-state index contributed by atoms with van der Waals surface area (Å²) in [5.74, 6) is -4.53. The molecule has 1 aliphatic heterocycles. The summed E-state index contributed by atoms with van der Waals surface area (Å²) in [7, 11) is 0. The predicted octanol–water partition coefficient (Wildman–Crippen LogP) is 1.89. The van der Waals surface area contributed by atoms with Crippen molar-refractivity contribution in [2.75, 3.05) is 13.1 Å². The fraction of sp³-hybridized carbons (Fsp3) is 0.500. The van der Waals surface area contributed by atoms with Gasteiger partial charge in [0, 0.05) is 11.6 Å². The lowest BCUT2D eigenvalue weighted by Gasteiger charge is -2.31. The molecule has 3 nitrogen and oxygen atoms in total. The highest BCUT2D eigenvalue weighted by molar-refractivity contribution is 5.85. The van der Waals surface area contributed by atoms with Gasteiger partial charge in [0.05, 0.1) is 0 Å². The smallest absolute Gasteiger partial charge is 0.347 e. The number of alkyl halides is 2. The van der Waals surface area contributed by atoms with E-state index in [0.29, 0.717) is 6.42 Å². The SMILES string of the molecule is CC1CNCCC1NC(=O)C(F)(F)c1ccccc1. The minimum atomic E-state index is -3.48. The zero-order valence-electron chi connectivity index (χ0n) is 10.8. The van der Waals surface area contributed by atoms with Crippen molar-refractivity contribution < 1.29 is 13.6 Å². The highest BCUT2D eigenvalue weighted by atomic mass is 19.3. The molecule has 5 heteroatoms. The standard InChI is InChI=1S/C14H18F2N2O/c1-10-9-17-8-7-12(10)18-13(19)14(15,16)11-5-3-2-4-6-11/h2-6,10,12,17H,7-9H2,1H3,(H,18,19). The third-order valence-electron chi connectivity index (χ3n) is 3.52. The predicted molar refractivity (Wildman–Crippen MR) is 68.9 cm³/mol. The van der Waals surface area contributed by atoms with Gasteiger partial charge in [-0.25, -0.2) is 0 Å². The minimum Gasteiger partial charge on any atom is -0.347 e. The first-order valence-corrected chi connectivity index (χ1v) is 6.47. The van der Waals surface area contributed by atoms with Crippen LogP contribution in [0.25, 0.3) is 0 Å². The van der Waals surface area contributed by atoms with E-state index in [-0.39, 0.29) is 17.5 Å². The van der Waals surface area contributed by atoms with Gasteiger partial charge in [0.1, 0.15) is 0 Å². The molecular formula is C14H18F2N2O. The second kappa shape index (κ2) is 5.65. The first-order valence-electron chi connectivity index (χ1n) is 6.47. The Bertz CT molecular complexity index is 436. The molecule has 0 aromatic heterocycles. The third kappa shape index (κ3) is 3.10. The van der Waals surface area contributed by atoms with Gasteiger partial charge < -0.3 is 10.6 Å². The number of rotatable bonds is 3. The summed E-state index contributed by atoms with van der Waals surface area (Å²) in [5, 5.41) is 5.65. The molecule has 104 valence electrons. The third-order valence-corrected chi connectivity index (χ3v) is 3.52. The van der Waals surface area contributed by atoms with E-state index in [1.165, 1.54) is 24.3 Å². The topological polar surface area (TPSA) is 41.1 Å². The average Bonchev–Trinajstić information content (AvgIpc) is 2.42. The molecule has 0 saturated carbocycles. The maximum absolute atomic E-state index is 14.0. The Balaban J connectivity index is 2.06. The van der Waals surface area contributed by atoms with E-state index >= 15 is 0 Å². The van der Waals surface area contributed by atoms with Gasteiger partial charge in [0.2, 0.25) is 0 Å². The molecule has 1 amide bonds. The molecule has 0 spiro atoms. The molecule has 2 N–H and O–H groups in total. The number of benzene rings is 1. The minimum absolute atomic E-state index is 0.157. The first-order chi connectivity index (χ1) is 9.01. The van der Waals surface area contributed by atoms with Gasteiger partial charge in [-0.15, -0.1) is 0 Å². The van der Waals surface area contributed by atoms with Crippen molar-refractivity contribution in [3.63, 3.8) is 0 Å². The molecule has 2 rings (SSSR count). The number of carbonyl (C=O) groups excluding carboxylic acids is 1. The molecule has 19 heavy (non-hydrogen) atoms. The fourth-order valence-corrected chi connectivity index (χ4v) is 2.27. The summed E-state index contributed by atoms with van der Waals surface area (Å²) in [6.45, 7) is 3.42. The van der Waals surface area contributed by atoms with Crippen molar-refractivity contribution in [1.29, 1.82) is 0 Å². The van der Waals surface area contributed by atoms with Crippen LogP contribution in [0.3, 0.4) is 0 Å². The second-order valence-electron chi connectivity index (χ2n) is 4.99. The van der Waals surface area contributed by atoms with Gasteiger partial charge >= 0.3 is 5.92 Å². The van der Waals surface area contributed by atoms with Crippen LogP contribution in [0, 0.1) is 5.92 Å². The van der Waals surface area contributed by atoms with E-state index in [9.17, 15) is 13.6 Å². The maximum Gasteiger partial charge on any atom is 0.349 e. The van der Waals surface area contributed by atoms with Crippen molar-refractivity contribution in [2.24, 2.45) is 5.92 Å². The van der Waals surface area contributed by atoms with Crippen LogP contribution in [0.5, 0.6) is 0 Å². The Morgan fingerprint density at radius 2 is 2.05 bits per heavy atom. The molecular weight excluding hydrogens is 250 g/mol. The van der Waals surface area contributed by atoms with Crippen LogP contribution >= 0.6 is 0 Å². The van der Waals surface area contributed by atoms with Gasteiger partial charge in [0.15, 0.2) is 0 Å². The number of halogens is 2. The second-order valence-corrected chi connectivity index (χ2v) is 4.99. The number of nitrogens with one attached hydrogen (secondary N) is 2. The van der Waals surface area contributed by atoms with Gasteiger partial charge in [-0.1, -0.05) is 37.3 Å². The summed E-state index contributed by atoms with van der Waals surface area (Å²) in [6, 6.07) is 7.00. The number of carbonyl (C=O) groups is 1. The van der Waals surface area contributed by atoms with E-state index in [4.69, 9.17) is 0 Å². The summed E-state index contributed by atoms with van der Waals surface area (Å²) >= 11 is 0. The van der Waals surface area contributed by atoms with Crippen LogP contribution < -0.4 is 10.6 Å². The maximum atomic E-state index is 14.0. The van der Waals surface area contributed by atoms with E-state index in [2.05, 4.69) is 10.6 Å². The number of hydrogen-bond donors (Lipinski definition) is 2.